The molecule has 0 aliphatic carbocycles. The molecule has 2 rings (SSSR count). The highest BCUT2D eigenvalue weighted by atomic mass is 16.5. The van der Waals surface area contributed by atoms with E-state index in [1.807, 2.05) is 6.07 Å². The number of ether oxygens (including phenoxy) is 2. The van der Waals surface area contributed by atoms with Crippen LogP contribution >= 0.6 is 0 Å². The van der Waals surface area contributed by atoms with Gasteiger partial charge < -0.3 is 19.7 Å². The maximum Gasteiger partial charge on any atom is 0.162 e. The maximum absolute atomic E-state index is 5.40. The largest absolute Gasteiger partial charge is 0.493 e. The van der Waals surface area contributed by atoms with Crippen LogP contribution in [0.2, 0.25) is 0 Å². The number of hydrogen-bond donors (Lipinski definition) is 1. The van der Waals surface area contributed by atoms with Crippen LogP contribution in [0.1, 0.15) is 20.3 Å². The normalized spacial score (nSPS) is 23.3. The van der Waals surface area contributed by atoms with Crippen LogP contribution in [0.4, 0.5) is 5.69 Å². The third kappa shape index (κ3) is 2.63. The van der Waals surface area contributed by atoms with Crippen LogP contribution in [0.25, 0.3) is 0 Å². The minimum absolute atomic E-state index is 0.151. The monoisotopic (exact) mass is 264 g/mol. The Balaban J connectivity index is 2.34. The van der Waals surface area contributed by atoms with E-state index in [0.29, 0.717) is 0 Å². The summed E-state index contributed by atoms with van der Waals surface area (Å²) >= 11 is 0. The number of benzene rings is 1. The molecule has 1 aliphatic rings. The van der Waals surface area contributed by atoms with E-state index < -0.39 is 0 Å². The maximum atomic E-state index is 5.40. The first kappa shape index (κ1) is 14.0. The Morgan fingerprint density at radius 1 is 1.26 bits per heavy atom. The van der Waals surface area contributed by atoms with E-state index in [2.05, 4.69) is 36.2 Å². The molecule has 106 valence electrons. The lowest BCUT2D eigenvalue weighted by Crippen LogP contribution is -2.59. The van der Waals surface area contributed by atoms with E-state index in [1.165, 1.54) is 5.69 Å². The smallest absolute Gasteiger partial charge is 0.162 e. The summed E-state index contributed by atoms with van der Waals surface area (Å²) in [5, 5.41) is 3.48. The van der Waals surface area contributed by atoms with E-state index >= 15 is 0 Å². The molecule has 1 saturated heterocycles. The Kier molecular flexibility index (Phi) is 4.20. The van der Waals surface area contributed by atoms with Gasteiger partial charge in [0.1, 0.15) is 0 Å². The number of piperazine rings is 1. The van der Waals surface area contributed by atoms with E-state index in [0.717, 1.165) is 37.6 Å². The van der Waals surface area contributed by atoms with Crippen molar-refractivity contribution in [2.45, 2.75) is 25.8 Å². The van der Waals surface area contributed by atoms with Crippen molar-refractivity contribution < 1.29 is 9.47 Å². The van der Waals surface area contributed by atoms with Crippen LogP contribution < -0.4 is 19.7 Å². The highest BCUT2D eigenvalue weighted by Gasteiger charge is 2.33. The summed E-state index contributed by atoms with van der Waals surface area (Å²) in [5.41, 5.74) is 1.35. The van der Waals surface area contributed by atoms with E-state index in [-0.39, 0.29) is 5.54 Å². The fraction of sp³-hybridized carbons (Fsp3) is 0.600. The summed E-state index contributed by atoms with van der Waals surface area (Å²) in [4.78, 5) is 2.46. The molecule has 4 heteroatoms. The van der Waals surface area contributed by atoms with Crippen LogP contribution in [-0.2, 0) is 0 Å². The Labute approximate surface area is 115 Å². The molecule has 19 heavy (non-hydrogen) atoms. The van der Waals surface area contributed by atoms with Gasteiger partial charge >= 0.3 is 0 Å². The van der Waals surface area contributed by atoms with Gasteiger partial charge in [-0.3, -0.25) is 0 Å². The second-order valence-electron chi connectivity index (χ2n) is 5.22. The molecule has 1 atom stereocenters. The Hall–Kier alpha value is -1.42. The lowest BCUT2D eigenvalue weighted by molar-refractivity contribution is 0.338. The Bertz CT molecular complexity index is 436. The van der Waals surface area contributed by atoms with Crippen molar-refractivity contribution in [1.29, 1.82) is 0 Å². The van der Waals surface area contributed by atoms with Gasteiger partial charge in [-0.05, 0) is 25.5 Å². The fourth-order valence-electron chi connectivity index (χ4n) is 2.66. The first-order valence-corrected chi connectivity index (χ1v) is 6.85. The van der Waals surface area contributed by atoms with Crippen molar-refractivity contribution in [2.24, 2.45) is 0 Å². The summed E-state index contributed by atoms with van der Waals surface area (Å²) in [6.45, 7) is 7.58. The lowest BCUT2D eigenvalue weighted by atomic mass is 9.93. The van der Waals surface area contributed by atoms with Gasteiger partial charge in [-0.25, -0.2) is 0 Å². The third-order valence-electron chi connectivity index (χ3n) is 4.11. The van der Waals surface area contributed by atoms with Gasteiger partial charge in [0.25, 0.3) is 0 Å². The molecular weight excluding hydrogens is 240 g/mol. The van der Waals surface area contributed by atoms with Gasteiger partial charge in [-0.2, -0.15) is 0 Å². The van der Waals surface area contributed by atoms with Crippen LogP contribution in [-0.4, -0.2) is 39.4 Å². The first-order chi connectivity index (χ1) is 9.14. The quantitative estimate of drug-likeness (QED) is 0.904. The van der Waals surface area contributed by atoms with Gasteiger partial charge in [-0.15, -0.1) is 0 Å². The van der Waals surface area contributed by atoms with Crippen molar-refractivity contribution in [3.05, 3.63) is 18.2 Å². The molecule has 0 aromatic heterocycles. The average Bonchev–Trinajstić information content (AvgIpc) is 2.47. The number of anilines is 1. The summed E-state index contributed by atoms with van der Waals surface area (Å²) in [6, 6.07) is 6.16. The van der Waals surface area contributed by atoms with Gasteiger partial charge in [0.2, 0.25) is 0 Å². The van der Waals surface area contributed by atoms with Crippen molar-refractivity contribution in [3.63, 3.8) is 0 Å². The van der Waals surface area contributed by atoms with Gasteiger partial charge in [0.15, 0.2) is 11.5 Å². The molecule has 1 fully saturated rings. The number of methoxy groups -OCH3 is 2. The summed E-state index contributed by atoms with van der Waals surface area (Å²) in [5.74, 6) is 1.57. The van der Waals surface area contributed by atoms with Crippen molar-refractivity contribution in [2.75, 3.05) is 38.8 Å². The van der Waals surface area contributed by atoms with Crippen LogP contribution in [0, 0.1) is 0 Å². The zero-order valence-electron chi connectivity index (χ0n) is 12.3. The molecule has 1 aliphatic heterocycles. The fourth-order valence-corrected chi connectivity index (χ4v) is 2.66. The SMILES string of the molecule is CCC1(C)CNCCN1c1ccc(OC)c(OC)c1. The molecule has 1 heterocycles. The number of rotatable bonds is 4. The van der Waals surface area contributed by atoms with Crippen molar-refractivity contribution >= 4 is 5.69 Å². The molecule has 1 aromatic rings. The van der Waals surface area contributed by atoms with Gasteiger partial charge in [-0.1, -0.05) is 6.92 Å². The summed E-state index contributed by atoms with van der Waals surface area (Å²) in [6.07, 6.45) is 1.11. The second-order valence-corrected chi connectivity index (χ2v) is 5.22. The lowest BCUT2D eigenvalue weighted by Gasteiger charge is -2.46. The highest BCUT2D eigenvalue weighted by Crippen LogP contribution is 2.35. The van der Waals surface area contributed by atoms with E-state index in [1.54, 1.807) is 14.2 Å². The molecule has 0 saturated carbocycles. The zero-order valence-corrected chi connectivity index (χ0v) is 12.3. The number of nitrogens with zero attached hydrogens (tertiary/aromatic N) is 1. The third-order valence-corrected chi connectivity index (χ3v) is 4.11. The molecule has 0 bridgehead atoms. The predicted octanol–water partition coefficient (Wildman–Crippen LogP) is 2.28. The van der Waals surface area contributed by atoms with E-state index in [9.17, 15) is 0 Å². The van der Waals surface area contributed by atoms with Crippen LogP contribution in [0.15, 0.2) is 18.2 Å². The molecule has 0 spiro atoms. The molecule has 4 nitrogen and oxygen atoms in total. The number of hydrogen-bond acceptors (Lipinski definition) is 4. The molecule has 1 N–H and O–H groups in total. The number of nitrogens with one attached hydrogen (secondary N) is 1. The molecule has 0 radical (unpaired) electrons. The molecular formula is C15H24N2O2. The van der Waals surface area contributed by atoms with Crippen molar-refractivity contribution in [3.8, 4) is 11.5 Å². The first-order valence-electron chi connectivity index (χ1n) is 6.85. The standard InChI is InChI=1S/C15H24N2O2/c1-5-15(2)11-16-8-9-17(15)12-6-7-13(18-3)14(10-12)19-4/h6-7,10,16H,5,8-9,11H2,1-4H3. The van der Waals surface area contributed by atoms with Gasteiger partial charge in [0, 0.05) is 36.9 Å². The Morgan fingerprint density at radius 2 is 2.00 bits per heavy atom. The van der Waals surface area contributed by atoms with Crippen LogP contribution in [0.3, 0.4) is 0 Å². The predicted molar refractivity (Wildman–Crippen MR) is 78.5 cm³/mol. The minimum Gasteiger partial charge on any atom is -0.493 e. The second kappa shape index (κ2) is 5.70. The molecule has 1 unspecified atom stereocenters. The molecule has 1 aromatic carbocycles. The molecule has 0 amide bonds. The Morgan fingerprint density at radius 3 is 2.63 bits per heavy atom. The summed E-state index contributed by atoms with van der Waals surface area (Å²) < 4.78 is 10.7. The minimum atomic E-state index is 0.151. The van der Waals surface area contributed by atoms with Gasteiger partial charge in [0.05, 0.1) is 14.2 Å². The van der Waals surface area contributed by atoms with Crippen LogP contribution in [0.5, 0.6) is 11.5 Å². The topological polar surface area (TPSA) is 33.7 Å². The van der Waals surface area contributed by atoms with E-state index in [4.69, 9.17) is 9.47 Å². The summed E-state index contributed by atoms with van der Waals surface area (Å²) in [7, 11) is 3.34. The van der Waals surface area contributed by atoms with Crippen molar-refractivity contribution in [1.82, 2.24) is 5.32 Å². The zero-order chi connectivity index (χ0) is 13.9. The highest BCUT2D eigenvalue weighted by molar-refractivity contribution is 5.58. The average molecular weight is 264 g/mol.